The van der Waals surface area contributed by atoms with Gasteiger partial charge in [-0.3, -0.25) is 4.79 Å². The second-order valence-corrected chi connectivity index (χ2v) is 5.19. The summed E-state index contributed by atoms with van der Waals surface area (Å²) in [5.74, 6) is -0.333. The Hall–Kier alpha value is -3.08. The molecule has 0 spiro atoms. The number of benzene rings is 2. The second-order valence-electron chi connectivity index (χ2n) is 5.19. The van der Waals surface area contributed by atoms with Crippen LogP contribution in [-0.4, -0.2) is 18.9 Å². The van der Waals surface area contributed by atoms with E-state index in [2.05, 4.69) is 0 Å². The number of fused-ring (bicyclic) bond motifs is 4. The number of esters is 1. The van der Waals surface area contributed by atoms with Gasteiger partial charge < -0.3 is 13.6 Å². The van der Waals surface area contributed by atoms with Crippen LogP contribution in [0.1, 0.15) is 27.8 Å². The Labute approximate surface area is 130 Å². The molecule has 0 saturated carbocycles. The van der Waals surface area contributed by atoms with Gasteiger partial charge in [0, 0.05) is 21.7 Å². The van der Waals surface area contributed by atoms with E-state index in [1.54, 1.807) is 31.2 Å². The SMILES string of the molecule is CCOC(=O)c1cc2cc3oc4ccc(C=O)cc4c3cc2o1. The summed E-state index contributed by atoms with van der Waals surface area (Å²) in [5.41, 5.74) is 2.52. The van der Waals surface area contributed by atoms with Gasteiger partial charge in [0.05, 0.1) is 6.61 Å². The third-order valence-corrected chi connectivity index (χ3v) is 3.74. The Kier molecular flexibility index (Phi) is 2.94. The van der Waals surface area contributed by atoms with Crippen molar-refractivity contribution in [1.82, 2.24) is 0 Å². The smallest absolute Gasteiger partial charge is 0.374 e. The number of hydrogen-bond acceptors (Lipinski definition) is 5. The highest BCUT2D eigenvalue weighted by Gasteiger charge is 2.16. The quantitative estimate of drug-likeness (QED) is 0.416. The molecule has 5 nitrogen and oxygen atoms in total. The van der Waals surface area contributed by atoms with Crippen molar-refractivity contribution >= 4 is 45.2 Å². The average molecular weight is 308 g/mol. The maximum Gasteiger partial charge on any atom is 0.374 e. The molecule has 0 saturated heterocycles. The molecule has 0 bridgehead atoms. The minimum Gasteiger partial charge on any atom is -0.460 e. The van der Waals surface area contributed by atoms with E-state index in [0.29, 0.717) is 22.3 Å². The number of carbonyl (C=O) groups is 2. The van der Waals surface area contributed by atoms with Crippen molar-refractivity contribution in [2.75, 3.05) is 6.61 Å². The lowest BCUT2D eigenvalue weighted by Gasteiger charge is -1.95. The largest absolute Gasteiger partial charge is 0.460 e. The zero-order valence-electron chi connectivity index (χ0n) is 12.3. The van der Waals surface area contributed by atoms with Gasteiger partial charge in [-0.2, -0.15) is 0 Å². The molecule has 0 aliphatic rings. The van der Waals surface area contributed by atoms with Gasteiger partial charge in [0.1, 0.15) is 23.0 Å². The van der Waals surface area contributed by atoms with Gasteiger partial charge >= 0.3 is 5.97 Å². The molecule has 0 atom stereocenters. The highest BCUT2D eigenvalue weighted by Crippen LogP contribution is 2.33. The van der Waals surface area contributed by atoms with Gasteiger partial charge in [-0.05, 0) is 43.3 Å². The van der Waals surface area contributed by atoms with Crippen molar-refractivity contribution < 1.29 is 23.2 Å². The molecular weight excluding hydrogens is 296 g/mol. The molecule has 2 heterocycles. The Balaban J connectivity index is 1.95. The molecule has 2 aromatic carbocycles. The first-order valence-corrected chi connectivity index (χ1v) is 7.21. The molecule has 4 aromatic rings. The fraction of sp³-hybridized carbons (Fsp3) is 0.111. The van der Waals surface area contributed by atoms with Crippen LogP contribution in [0, 0.1) is 0 Å². The number of rotatable bonds is 3. The molecule has 0 fully saturated rings. The molecule has 0 amide bonds. The lowest BCUT2D eigenvalue weighted by molar-refractivity contribution is 0.0492. The maximum absolute atomic E-state index is 11.8. The topological polar surface area (TPSA) is 69.7 Å². The van der Waals surface area contributed by atoms with Crippen molar-refractivity contribution in [2.24, 2.45) is 0 Å². The van der Waals surface area contributed by atoms with E-state index in [9.17, 15) is 9.59 Å². The monoisotopic (exact) mass is 308 g/mol. The maximum atomic E-state index is 11.8. The summed E-state index contributed by atoms with van der Waals surface area (Å²) in [4.78, 5) is 22.7. The summed E-state index contributed by atoms with van der Waals surface area (Å²) < 4.78 is 16.3. The summed E-state index contributed by atoms with van der Waals surface area (Å²) in [6.45, 7) is 2.03. The Morgan fingerprint density at radius 2 is 1.87 bits per heavy atom. The van der Waals surface area contributed by atoms with Gasteiger partial charge in [-0.1, -0.05) is 0 Å². The normalized spacial score (nSPS) is 11.3. The van der Waals surface area contributed by atoms with Crippen LogP contribution in [0.5, 0.6) is 0 Å². The molecule has 5 heteroatoms. The van der Waals surface area contributed by atoms with E-state index in [1.165, 1.54) is 0 Å². The molecule has 0 unspecified atom stereocenters. The van der Waals surface area contributed by atoms with Crippen LogP contribution in [0.2, 0.25) is 0 Å². The number of hydrogen-bond donors (Lipinski definition) is 0. The van der Waals surface area contributed by atoms with Gasteiger partial charge in [0.2, 0.25) is 5.76 Å². The second kappa shape index (κ2) is 4.98. The Morgan fingerprint density at radius 3 is 2.65 bits per heavy atom. The minimum absolute atomic E-state index is 0.160. The van der Waals surface area contributed by atoms with Crippen LogP contribution in [-0.2, 0) is 4.74 Å². The Morgan fingerprint density at radius 1 is 1.04 bits per heavy atom. The molecule has 0 aliphatic carbocycles. The van der Waals surface area contributed by atoms with Crippen molar-refractivity contribution in [3.63, 3.8) is 0 Å². The number of carbonyl (C=O) groups excluding carboxylic acids is 2. The van der Waals surface area contributed by atoms with Crippen molar-refractivity contribution in [1.29, 1.82) is 0 Å². The molecule has 0 radical (unpaired) electrons. The molecule has 2 aromatic heterocycles. The Bertz CT molecular complexity index is 1070. The molecule has 4 rings (SSSR count). The van der Waals surface area contributed by atoms with Gasteiger partial charge in [-0.25, -0.2) is 4.79 Å². The van der Waals surface area contributed by atoms with Crippen LogP contribution in [0.25, 0.3) is 32.9 Å². The molecule has 0 N–H and O–H groups in total. The summed E-state index contributed by atoms with van der Waals surface area (Å²) in [6, 6.07) is 10.5. The molecular formula is C18H12O5. The predicted octanol–water partition coefficient (Wildman–Crippen LogP) is 4.32. The van der Waals surface area contributed by atoms with Crippen LogP contribution in [0.4, 0.5) is 0 Å². The highest BCUT2D eigenvalue weighted by molar-refractivity contribution is 6.10. The number of aldehydes is 1. The first-order valence-electron chi connectivity index (χ1n) is 7.21. The summed E-state index contributed by atoms with van der Waals surface area (Å²) in [7, 11) is 0. The zero-order chi connectivity index (χ0) is 16.0. The zero-order valence-corrected chi connectivity index (χ0v) is 12.3. The van der Waals surface area contributed by atoms with Gasteiger partial charge in [0.15, 0.2) is 0 Å². The van der Waals surface area contributed by atoms with E-state index in [4.69, 9.17) is 13.6 Å². The third-order valence-electron chi connectivity index (χ3n) is 3.74. The predicted molar refractivity (Wildman–Crippen MR) is 84.8 cm³/mol. The molecule has 114 valence electrons. The summed E-state index contributed by atoms with van der Waals surface area (Å²) in [5, 5.41) is 2.43. The molecule has 23 heavy (non-hydrogen) atoms. The number of ether oxygens (including phenoxy) is 1. The minimum atomic E-state index is -0.492. The van der Waals surface area contributed by atoms with E-state index in [1.807, 2.05) is 12.1 Å². The fourth-order valence-electron chi connectivity index (χ4n) is 2.70. The molecule has 0 aliphatic heterocycles. The van der Waals surface area contributed by atoms with Crippen LogP contribution in [0.15, 0.2) is 45.2 Å². The summed E-state index contributed by atoms with van der Waals surface area (Å²) in [6.07, 6.45) is 0.794. The third kappa shape index (κ3) is 2.09. The highest BCUT2D eigenvalue weighted by atomic mass is 16.5. The first-order chi connectivity index (χ1) is 11.2. The lowest BCUT2D eigenvalue weighted by Crippen LogP contribution is -2.02. The standard InChI is InChI=1S/C18H12O5/c1-2-21-18(20)17-7-11-6-16-13(8-15(11)23-17)12-5-10(9-19)3-4-14(12)22-16/h3-9H,2H2,1H3. The average Bonchev–Trinajstić information content (AvgIpc) is 3.12. The van der Waals surface area contributed by atoms with Crippen LogP contribution >= 0.6 is 0 Å². The number of furan rings is 2. The van der Waals surface area contributed by atoms with Crippen molar-refractivity contribution in [2.45, 2.75) is 6.92 Å². The van der Waals surface area contributed by atoms with Gasteiger partial charge in [0.25, 0.3) is 0 Å². The lowest BCUT2D eigenvalue weighted by atomic mass is 10.1. The van der Waals surface area contributed by atoms with Crippen molar-refractivity contribution in [3.05, 3.63) is 47.7 Å². The fourth-order valence-corrected chi connectivity index (χ4v) is 2.70. The van der Waals surface area contributed by atoms with E-state index in [0.717, 1.165) is 22.4 Å². The van der Waals surface area contributed by atoms with Crippen molar-refractivity contribution in [3.8, 4) is 0 Å². The van der Waals surface area contributed by atoms with Crippen LogP contribution in [0.3, 0.4) is 0 Å². The van der Waals surface area contributed by atoms with E-state index < -0.39 is 5.97 Å². The van der Waals surface area contributed by atoms with Crippen LogP contribution < -0.4 is 0 Å². The van der Waals surface area contributed by atoms with E-state index >= 15 is 0 Å². The summed E-state index contributed by atoms with van der Waals surface area (Å²) >= 11 is 0. The first kappa shape index (κ1) is 13.6. The van der Waals surface area contributed by atoms with Gasteiger partial charge in [-0.15, -0.1) is 0 Å². The van der Waals surface area contributed by atoms with E-state index in [-0.39, 0.29) is 12.4 Å².